The Bertz CT molecular complexity index is 5700. The zero-order valence-corrected chi connectivity index (χ0v) is 52.8. The first kappa shape index (κ1) is 54.6. The van der Waals surface area contributed by atoms with Crippen LogP contribution in [-0.2, 0) is 0 Å². The van der Waals surface area contributed by atoms with Crippen molar-refractivity contribution in [2.24, 2.45) is 0 Å². The van der Waals surface area contributed by atoms with E-state index in [-0.39, 0.29) is 11.8 Å². The Hall–Kier alpha value is -12.1. The minimum absolute atomic E-state index is 0.0328. The lowest BCUT2D eigenvalue weighted by atomic mass is 9.60. The van der Waals surface area contributed by atoms with E-state index in [0.29, 0.717) is 17.6 Å². The average Bonchev–Trinajstić information content (AvgIpc) is 1.40. The van der Waals surface area contributed by atoms with E-state index < -0.39 is 8.07 Å². The molecule has 20 rings (SSSR count). The third-order valence-corrected chi connectivity index (χ3v) is 25.1. The molecule has 3 aliphatic carbocycles. The molecule has 3 aromatic heterocycles. The van der Waals surface area contributed by atoms with E-state index in [0.717, 1.165) is 55.2 Å². The van der Waals surface area contributed by atoms with E-state index in [4.69, 9.17) is 15.0 Å². The molecule has 2 unspecified atom stereocenters. The van der Waals surface area contributed by atoms with Gasteiger partial charge in [0.05, 0.1) is 22.1 Å². The second kappa shape index (κ2) is 22.1. The molecule has 0 spiro atoms. The van der Waals surface area contributed by atoms with Crippen LogP contribution in [0.5, 0.6) is 0 Å². The zero-order chi connectivity index (χ0) is 62.6. The van der Waals surface area contributed by atoms with Gasteiger partial charge in [-0.15, -0.1) is 0 Å². The lowest BCUT2D eigenvalue weighted by Crippen LogP contribution is -2.75. The highest BCUT2D eigenvalue weighted by Crippen LogP contribution is 2.58. The summed E-state index contributed by atoms with van der Waals surface area (Å²) in [6.45, 7) is 0. The van der Waals surface area contributed by atoms with Crippen molar-refractivity contribution >= 4 is 72.4 Å². The first-order valence-corrected chi connectivity index (χ1v) is 34.8. The molecule has 95 heavy (non-hydrogen) atoms. The van der Waals surface area contributed by atoms with Crippen molar-refractivity contribution in [3.63, 3.8) is 0 Å². The van der Waals surface area contributed by atoms with Crippen molar-refractivity contribution in [3.05, 3.63) is 379 Å². The van der Waals surface area contributed by atoms with Crippen LogP contribution in [0.2, 0.25) is 0 Å². The van der Waals surface area contributed by atoms with Crippen molar-refractivity contribution in [2.45, 2.75) is 11.8 Å². The van der Waals surface area contributed by atoms with Gasteiger partial charge in [-0.3, -0.25) is 4.57 Å². The smallest absolute Gasteiger partial charge is 0.238 e. The molecule has 0 radical (unpaired) electrons. The number of hydrogen-bond acceptors (Lipinski definition) is 3. The molecule has 0 saturated carbocycles. The summed E-state index contributed by atoms with van der Waals surface area (Å²) >= 11 is 0. The Morgan fingerprint density at radius 2 is 0.663 bits per heavy atom. The number of nitrogens with zero attached hydrogens (tertiary/aromatic N) is 5. The van der Waals surface area contributed by atoms with Gasteiger partial charge < -0.3 is 4.57 Å². The van der Waals surface area contributed by atoms with Crippen molar-refractivity contribution in [1.82, 2.24) is 24.1 Å². The predicted molar refractivity (Wildman–Crippen MR) is 394 cm³/mol. The fraction of sp³-hybridized carbons (Fsp3) is 0.0225. The molecule has 0 N–H and O–H groups in total. The highest BCUT2D eigenvalue weighted by atomic mass is 28.3. The van der Waals surface area contributed by atoms with E-state index in [2.05, 4.69) is 355 Å². The van der Waals surface area contributed by atoms with Crippen molar-refractivity contribution in [2.75, 3.05) is 0 Å². The topological polar surface area (TPSA) is 48.5 Å². The zero-order valence-electron chi connectivity index (χ0n) is 51.8. The molecular weight excluding hydrogens is 1170 g/mol. The largest absolute Gasteiger partial charge is 0.309 e. The summed E-state index contributed by atoms with van der Waals surface area (Å²) in [5.74, 6) is 1.56. The first-order valence-electron chi connectivity index (χ1n) is 32.8. The molecule has 0 fully saturated rings. The molecule has 0 saturated heterocycles. The summed E-state index contributed by atoms with van der Waals surface area (Å²) in [6, 6.07) is 128. The second-order valence-electron chi connectivity index (χ2n) is 25.2. The summed E-state index contributed by atoms with van der Waals surface area (Å²) in [4.78, 5) is 16.9. The molecule has 17 aromatic rings. The number of benzene rings is 14. The van der Waals surface area contributed by atoms with Gasteiger partial charge in [0, 0.05) is 50.2 Å². The monoisotopic (exact) mass is 1230 g/mol. The van der Waals surface area contributed by atoms with Gasteiger partial charge in [0.1, 0.15) is 0 Å². The lowest BCUT2D eigenvalue weighted by Gasteiger charge is -2.47. The van der Waals surface area contributed by atoms with Crippen LogP contribution in [0.15, 0.2) is 346 Å². The highest BCUT2D eigenvalue weighted by molar-refractivity contribution is 7.20. The molecular formula is C89H59N5Si. The Balaban J connectivity index is 0.853. The summed E-state index contributed by atoms with van der Waals surface area (Å²) in [6.07, 6.45) is 0. The summed E-state index contributed by atoms with van der Waals surface area (Å²) in [7, 11) is -3.34. The third kappa shape index (κ3) is 8.51. The van der Waals surface area contributed by atoms with Crippen LogP contribution in [0.1, 0.15) is 45.2 Å². The molecule has 3 heterocycles. The maximum absolute atomic E-state index is 5.69. The Morgan fingerprint density at radius 1 is 0.253 bits per heavy atom. The Kier molecular flexibility index (Phi) is 12.7. The van der Waals surface area contributed by atoms with Crippen LogP contribution < -0.4 is 20.7 Å². The van der Waals surface area contributed by atoms with E-state index in [1.165, 1.54) is 92.7 Å². The van der Waals surface area contributed by atoms with Crippen LogP contribution in [0.25, 0.3) is 111 Å². The normalized spacial score (nSPS) is 13.9. The quantitative estimate of drug-likeness (QED) is 0.0958. The minimum atomic E-state index is -3.34. The van der Waals surface area contributed by atoms with Gasteiger partial charge in [-0.05, 0) is 124 Å². The number of hydrogen-bond donors (Lipinski definition) is 0. The van der Waals surface area contributed by atoms with Crippen LogP contribution >= 0.6 is 0 Å². The molecule has 6 heteroatoms. The minimum Gasteiger partial charge on any atom is -0.309 e. The molecule has 2 atom stereocenters. The fourth-order valence-electron chi connectivity index (χ4n) is 16.4. The van der Waals surface area contributed by atoms with Gasteiger partial charge in [0.15, 0.2) is 19.7 Å². The number of rotatable bonds is 11. The van der Waals surface area contributed by atoms with Crippen molar-refractivity contribution in [1.29, 1.82) is 0 Å². The van der Waals surface area contributed by atoms with Crippen LogP contribution in [0.4, 0.5) is 0 Å². The molecule has 3 aliphatic rings. The van der Waals surface area contributed by atoms with Gasteiger partial charge in [-0.1, -0.05) is 309 Å². The van der Waals surface area contributed by atoms with Crippen molar-refractivity contribution < 1.29 is 0 Å². The van der Waals surface area contributed by atoms with E-state index >= 15 is 0 Å². The van der Waals surface area contributed by atoms with Crippen LogP contribution in [0, 0.1) is 0 Å². The number of fused-ring (bicyclic) bond motifs is 6. The molecule has 444 valence electrons. The SMILES string of the molecule is c1ccc(-c2cccc([Si](c3ccccc3)(c3cccc(-c4ccccc4)c3)c3cccc4c3C3c5ccccc5C4c4cccc(-c5ccccc5-c5nc(-c6cccc(-n7c8ccccc8c8ccccc87)c6)nc(-n6c7ccccc7c7ccccc76)n5)c43)c2)cc1. The van der Waals surface area contributed by atoms with Gasteiger partial charge in [0.25, 0.3) is 0 Å². The Labute approximate surface area is 551 Å². The van der Waals surface area contributed by atoms with Crippen LogP contribution in [0.3, 0.4) is 0 Å². The van der Waals surface area contributed by atoms with Gasteiger partial charge in [-0.2, -0.15) is 9.97 Å². The molecule has 5 nitrogen and oxygen atoms in total. The van der Waals surface area contributed by atoms with E-state index in [9.17, 15) is 0 Å². The van der Waals surface area contributed by atoms with Gasteiger partial charge in [-0.25, -0.2) is 4.98 Å². The predicted octanol–water partition coefficient (Wildman–Crippen LogP) is 18.8. The highest BCUT2D eigenvalue weighted by Gasteiger charge is 2.50. The van der Waals surface area contributed by atoms with E-state index in [1.54, 1.807) is 0 Å². The maximum Gasteiger partial charge on any atom is 0.238 e. The number of aromatic nitrogens is 5. The standard InChI is InChI=1S/C89H59N5Si/c1-4-27-58(28-5-1)60-31-23-37-65(56-60)95(64-35-8-3-9-36-64,66-38-24-32-61(57-66)59-29-6-2-7-30-59)82-54-26-49-77-83-73-44-11-12-45-74(73)86(85(77)82)84-72(47-25-48-76(83)84)67-39-10-13-46-75(67)88-90-87(91-89(92-88)94-80-52-20-16-42-70(80)71-43-17-21-53-81(71)94)62-33-22-34-63(55-62)93-78-50-18-14-40-68(78)69-41-15-19-51-79(69)93/h1-57,83,86H. The van der Waals surface area contributed by atoms with Gasteiger partial charge in [0.2, 0.25) is 5.95 Å². The molecule has 14 aromatic carbocycles. The maximum atomic E-state index is 5.69. The van der Waals surface area contributed by atoms with Gasteiger partial charge >= 0.3 is 0 Å². The Morgan fingerprint density at radius 3 is 1.26 bits per heavy atom. The summed E-state index contributed by atoms with van der Waals surface area (Å²) in [5, 5.41) is 10.1. The van der Waals surface area contributed by atoms with E-state index in [1.807, 2.05) is 0 Å². The summed E-state index contributed by atoms with van der Waals surface area (Å²) in [5.41, 5.74) is 22.4. The fourth-order valence-corrected chi connectivity index (χ4v) is 21.5. The second-order valence-corrected chi connectivity index (χ2v) is 29.0. The third-order valence-electron chi connectivity index (χ3n) is 20.3. The first-order chi connectivity index (χ1) is 47.2. The molecule has 0 amide bonds. The molecule has 2 bridgehead atoms. The lowest BCUT2D eigenvalue weighted by molar-refractivity contribution is 0.760. The van der Waals surface area contributed by atoms with Crippen molar-refractivity contribution in [3.8, 4) is 67.8 Å². The number of para-hydroxylation sites is 4. The summed E-state index contributed by atoms with van der Waals surface area (Å²) < 4.78 is 4.59. The average molecular weight is 1230 g/mol. The molecule has 0 aliphatic heterocycles. The van der Waals surface area contributed by atoms with Crippen LogP contribution in [-0.4, -0.2) is 32.2 Å².